The average Bonchev–Trinajstić information content (AvgIpc) is 3.10. The minimum atomic E-state index is -0.343. The predicted molar refractivity (Wildman–Crippen MR) is 87.0 cm³/mol. The second-order valence-corrected chi connectivity index (χ2v) is 4.99. The summed E-state index contributed by atoms with van der Waals surface area (Å²) in [6.07, 6.45) is 0. The number of hydrogen-bond donors (Lipinski definition) is 0. The topological polar surface area (TPSA) is 53.7 Å². The second kappa shape index (κ2) is 6.62. The number of ether oxygens (including phenoxy) is 3. The fourth-order valence-electron chi connectivity index (χ4n) is 2.43. The van der Waals surface area contributed by atoms with E-state index < -0.39 is 0 Å². The van der Waals surface area contributed by atoms with Crippen molar-refractivity contribution in [1.29, 1.82) is 0 Å². The Kier molecular flexibility index (Phi) is 4.37. The van der Waals surface area contributed by atoms with Gasteiger partial charge in [0.2, 0.25) is 0 Å². The van der Waals surface area contributed by atoms with Gasteiger partial charge in [-0.25, -0.2) is 4.39 Å². The van der Waals surface area contributed by atoms with Crippen LogP contribution in [0.1, 0.15) is 0 Å². The zero-order chi connectivity index (χ0) is 17.1. The molecule has 0 spiro atoms. The first-order chi connectivity index (χ1) is 11.7. The molecule has 0 bridgehead atoms. The normalized spacial score (nSPS) is 10.5. The number of nitrogens with zero attached hydrogens (tertiary/aromatic N) is 1. The fourth-order valence-corrected chi connectivity index (χ4v) is 2.43. The molecule has 0 amide bonds. The van der Waals surface area contributed by atoms with Crippen molar-refractivity contribution >= 4 is 0 Å². The summed E-state index contributed by atoms with van der Waals surface area (Å²) in [4.78, 5) is 0. The van der Waals surface area contributed by atoms with Crippen molar-refractivity contribution in [2.45, 2.75) is 0 Å². The van der Waals surface area contributed by atoms with E-state index in [9.17, 15) is 4.39 Å². The van der Waals surface area contributed by atoms with Crippen LogP contribution in [0.15, 0.2) is 47.0 Å². The highest BCUT2D eigenvalue weighted by molar-refractivity contribution is 5.78. The molecule has 0 atom stereocenters. The molecule has 0 aliphatic heterocycles. The maximum Gasteiger partial charge on any atom is 0.167 e. The zero-order valence-corrected chi connectivity index (χ0v) is 13.5. The summed E-state index contributed by atoms with van der Waals surface area (Å²) in [6, 6.07) is 11.3. The van der Waals surface area contributed by atoms with Gasteiger partial charge in [-0.3, -0.25) is 0 Å². The maximum absolute atomic E-state index is 13.4. The smallest absolute Gasteiger partial charge is 0.167 e. The van der Waals surface area contributed by atoms with Crippen molar-refractivity contribution in [3.63, 3.8) is 0 Å². The standard InChI is InChI=1S/C18H16FNO4/c1-21-13-8-16(22-2)18(17(9-13)23-3)14-10-15(24-20-14)11-5-4-6-12(19)7-11/h4-10H,1-3H3. The van der Waals surface area contributed by atoms with Crippen molar-refractivity contribution in [1.82, 2.24) is 5.16 Å². The summed E-state index contributed by atoms with van der Waals surface area (Å²) in [7, 11) is 4.66. The Bertz CT molecular complexity index is 835. The third kappa shape index (κ3) is 2.90. The fraction of sp³-hybridized carbons (Fsp3) is 0.167. The first-order valence-electron chi connectivity index (χ1n) is 7.19. The van der Waals surface area contributed by atoms with Crippen LogP contribution in [0, 0.1) is 5.82 Å². The highest BCUT2D eigenvalue weighted by atomic mass is 19.1. The Balaban J connectivity index is 2.10. The van der Waals surface area contributed by atoms with Gasteiger partial charge in [0.15, 0.2) is 5.76 Å². The van der Waals surface area contributed by atoms with Gasteiger partial charge < -0.3 is 18.7 Å². The maximum atomic E-state index is 13.4. The highest BCUT2D eigenvalue weighted by Gasteiger charge is 2.19. The van der Waals surface area contributed by atoms with Crippen LogP contribution in [-0.4, -0.2) is 26.5 Å². The molecule has 1 aromatic heterocycles. The molecule has 6 heteroatoms. The van der Waals surface area contributed by atoms with Crippen LogP contribution in [0.25, 0.3) is 22.6 Å². The lowest BCUT2D eigenvalue weighted by Gasteiger charge is -2.13. The van der Waals surface area contributed by atoms with Gasteiger partial charge in [0, 0.05) is 23.8 Å². The molecule has 1 heterocycles. The number of methoxy groups -OCH3 is 3. The molecule has 5 nitrogen and oxygen atoms in total. The highest BCUT2D eigenvalue weighted by Crippen LogP contribution is 2.42. The van der Waals surface area contributed by atoms with Crippen LogP contribution < -0.4 is 14.2 Å². The van der Waals surface area contributed by atoms with Crippen molar-refractivity contribution in [3.05, 3.63) is 48.3 Å². The quantitative estimate of drug-likeness (QED) is 0.703. The number of rotatable bonds is 5. The van der Waals surface area contributed by atoms with E-state index in [1.807, 2.05) is 0 Å². The molecule has 0 unspecified atom stereocenters. The first kappa shape index (κ1) is 15.9. The summed E-state index contributed by atoms with van der Waals surface area (Å²) in [6.45, 7) is 0. The summed E-state index contributed by atoms with van der Waals surface area (Å²) >= 11 is 0. The summed E-state index contributed by atoms with van der Waals surface area (Å²) in [5.74, 6) is 1.77. The van der Waals surface area contributed by atoms with Gasteiger partial charge in [0.1, 0.15) is 28.8 Å². The lowest BCUT2D eigenvalue weighted by atomic mass is 10.1. The van der Waals surface area contributed by atoms with E-state index in [-0.39, 0.29) is 5.82 Å². The van der Waals surface area contributed by atoms with E-state index in [0.717, 1.165) is 0 Å². The average molecular weight is 329 g/mol. The minimum Gasteiger partial charge on any atom is -0.496 e. The molecule has 3 aromatic rings. The molecule has 0 saturated heterocycles. The summed E-state index contributed by atoms with van der Waals surface area (Å²) in [5, 5.41) is 4.07. The van der Waals surface area contributed by atoms with Crippen molar-refractivity contribution in [2.24, 2.45) is 0 Å². The Hall–Kier alpha value is -3.02. The molecule has 0 aliphatic rings. The van der Waals surface area contributed by atoms with Gasteiger partial charge in [-0.15, -0.1) is 0 Å². The van der Waals surface area contributed by atoms with Gasteiger partial charge in [0.25, 0.3) is 0 Å². The van der Waals surface area contributed by atoms with Gasteiger partial charge in [-0.05, 0) is 12.1 Å². The Morgan fingerprint density at radius 2 is 1.62 bits per heavy atom. The molecule has 3 rings (SSSR count). The zero-order valence-electron chi connectivity index (χ0n) is 13.5. The number of hydrogen-bond acceptors (Lipinski definition) is 5. The SMILES string of the molecule is COc1cc(OC)c(-c2cc(-c3cccc(F)c3)on2)c(OC)c1. The van der Waals surface area contributed by atoms with Gasteiger partial charge in [-0.2, -0.15) is 0 Å². The molecular weight excluding hydrogens is 313 g/mol. The molecular formula is C18H16FNO4. The van der Waals surface area contributed by atoms with E-state index in [1.165, 1.54) is 12.1 Å². The van der Waals surface area contributed by atoms with Crippen LogP contribution in [0.5, 0.6) is 17.2 Å². The Morgan fingerprint density at radius 3 is 2.21 bits per heavy atom. The second-order valence-electron chi connectivity index (χ2n) is 4.99. The molecule has 0 fully saturated rings. The lowest BCUT2D eigenvalue weighted by molar-refractivity contribution is 0.376. The van der Waals surface area contributed by atoms with E-state index in [1.54, 1.807) is 51.7 Å². The molecule has 0 radical (unpaired) electrons. The third-order valence-electron chi connectivity index (χ3n) is 3.59. The molecule has 124 valence electrons. The number of benzene rings is 2. The minimum absolute atomic E-state index is 0.343. The summed E-state index contributed by atoms with van der Waals surface area (Å²) in [5.41, 5.74) is 1.75. The summed E-state index contributed by atoms with van der Waals surface area (Å²) < 4.78 is 34.8. The largest absolute Gasteiger partial charge is 0.496 e. The van der Waals surface area contributed by atoms with E-state index >= 15 is 0 Å². The van der Waals surface area contributed by atoms with Gasteiger partial charge >= 0.3 is 0 Å². The molecule has 0 saturated carbocycles. The van der Waals surface area contributed by atoms with Gasteiger partial charge in [-0.1, -0.05) is 17.3 Å². The third-order valence-corrected chi connectivity index (χ3v) is 3.59. The van der Waals surface area contributed by atoms with E-state index in [2.05, 4.69) is 5.16 Å². The molecule has 0 aliphatic carbocycles. The Labute approximate surface area is 138 Å². The van der Waals surface area contributed by atoms with Crippen LogP contribution >= 0.6 is 0 Å². The number of aromatic nitrogens is 1. The van der Waals surface area contributed by atoms with E-state index in [4.69, 9.17) is 18.7 Å². The van der Waals surface area contributed by atoms with Crippen LogP contribution in [0.2, 0.25) is 0 Å². The van der Waals surface area contributed by atoms with Gasteiger partial charge in [0.05, 0.1) is 26.9 Å². The van der Waals surface area contributed by atoms with Crippen LogP contribution in [0.3, 0.4) is 0 Å². The predicted octanol–water partition coefficient (Wildman–Crippen LogP) is 4.17. The first-order valence-corrected chi connectivity index (χ1v) is 7.19. The van der Waals surface area contributed by atoms with Crippen molar-refractivity contribution in [3.8, 4) is 39.8 Å². The van der Waals surface area contributed by atoms with Crippen molar-refractivity contribution < 1.29 is 23.1 Å². The van der Waals surface area contributed by atoms with Crippen molar-refractivity contribution in [2.75, 3.05) is 21.3 Å². The van der Waals surface area contributed by atoms with Crippen LogP contribution in [-0.2, 0) is 0 Å². The Morgan fingerprint density at radius 1 is 0.917 bits per heavy atom. The van der Waals surface area contributed by atoms with Crippen LogP contribution in [0.4, 0.5) is 4.39 Å². The number of halogens is 1. The molecule has 0 N–H and O–H groups in total. The molecule has 24 heavy (non-hydrogen) atoms. The molecule has 2 aromatic carbocycles. The lowest BCUT2D eigenvalue weighted by Crippen LogP contribution is -1.95. The monoisotopic (exact) mass is 329 g/mol. The van der Waals surface area contributed by atoms with E-state index in [0.29, 0.717) is 39.8 Å².